The van der Waals surface area contributed by atoms with Gasteiger partial charge in [0.15, 0.2) is 5.96 Å². The van der Waals surface area contributed by atoms with Gasteiger partial charge >= 0.3 is 0 Å². The summed E-state index contributed by atoms with van der Waals surface area (Å²) in [4.78, 5) is 10.6. The zero-order chi connectivity index (χ0) is 21.4. The summed E-state index contributed by atoms with van der Waals surface area (Å²) in [6, 6.07) is 8.54. The first-order chi connectivity index (χ1) is 14.6. The lowest BCUT2D eigenvalue weighted by atomic mass is 9.74. The van der Waals surface area contributed by atoms with Gasteiger partial charge in [-0.2, -0.15) is 0 Å². The molecule has 2 N–H and O–H groups in total. The van der Waals surface area contributed by atoms with Crippen LogP contribution < -0.4 is 15.4 Å². The Kier molecular flexibility index (Phi) is 8.10. The van der Waals surface area contributed by atoms with Gasteiger partial charge in [-0.25, -0.2) is 9.98 Å². The molecule has 1 saturated heterocycles. The van der Waals surface area contributed by atoms with E-state index < -0.39 is 0 Å². The van der Waals surface area contributed by atoms with Crippen molar-refractivity contribution in [3.8, 4) is 5.75 Å². The van der Waals surface area contributed by atoms with Crippen molar-refractivity contribution in [2.24, 2.45) is 4.99 Å². The summed E-state index contributed by atoms with van der Waals surface area (Å²) in [6.07, 6.45) is 1.97. The molecule has 7 heteroatoms. The fraction of sp³-hybridized carbons (Fsp3) is 0.565. The van der Waals surface area contributed by atoms with Crippen molar-refractivity contribution in [2.75, 3.05) is 32.9 Å². The summed E-state index contributed by atoms with van der Waals surface area (Å²) in [5.41, 5.74) is 2.44. The van der Waals surface area contributed by atoms with E-state index in [1.165, 1.54) is 10.4 Å². The molecule has 0 unspecified atom stereocenters. The molecule has 0 amide bonds. The minimum atomic E-state index is 0.0214. The number of benzene rings is 1. The number of hydrogen-bond donors (Lipinski definition) is 2. The molecule has 1 aromatic carbocycles. The molecule has 3 rings (SSSR count). The minimum Gasteiger partial charge on any atom is -0.494 e. The second kappa shape index (κ2) is 10.8. The molecule has 1 aliphatic rings. The van der Waals surface area contributed by atoms with E-state index in [2.05, 4.69) is 53.7 Å². The lowest BCUT2D eigenvalue weighted by Gasteiger charge is -2.38. The van der Waals surface area contributed by atoms with E-state index in [-0.39, 0.29) is 5.41 Å². The molecular weight excluding hydrogens is 396 g/mol. The van der Waals surface area contributed by atoms with Gasteiger partial charge in [-0.05, 0) is 58.2 Å². The van der Waals surface area contributed by atoms with Crippen molar-refractivity contribution < 1.29 is 9.47 Å². The summed E-state index contributed by atoms with van der Waals surface area (Å²) in [5, 5.41) is 8.01. The maximum absolute atomic E-state index is 5.68. The number of rotatable bonds is 8. The lowest BCUT2D eigenvalue weighted by molar-refractivity contribution is 0.0513. The van der Waals surface area contributed by atoms with E-state index in [4.69, 9.17) is 14.5 Å². The summed E-state index contributed by atoms with van der Waals surface area (Å²) < 4.78 is 11.3. The maximum atomic E-state index is 5.68. The quantitative estimate of drug-likeness (QED) is 0.490. The molecule has 0 radical (unpaired) electrons. The molecule has 6 nitrogen and oxygen atoms in total. The SMILES string of the molecule is CCNC(=NCc1nc(C)c(C)s1)NCC1(c2ccc(OCC)cc2)CCOCC1. The Morgan fingerprint density at radius 2 is 1.90 bits per heavy atom. The van der Waals surface area contributed by atoms with Crippen molar-refractivity contribution in [3.63, 3.8) is 0 Å². The van der Waals surface area contributed by atoms with Gasteiger partial charge in [0.05, 0.1) is 18.8 Å². The molecule has 1 aliphatic heterocycles. The third kappa shape index (κ3) is 5.73. The van der Waals surface area contributed by atoms with Crippen molar-refractivity contribution in [3.05, 3.63) is 45.4 Å². The predicted octanol–water partition coefficient (Wildman–Crippen LogP) is 3.96. The van der Waals surface area contributed by atoms with E-state index >= 15 is 0 Å². The van der Waals surface area contributed by atoms with Crippen molar-refractivity contribution >= 4 is 17.3 Å². The number of aromatic nitrogens is 1. The third-order valence-corrected chi connectivity index (χ3v) is 6.67. The Labute approximate surface area is 184 Å². The van der Waals surface area contributed by atoms with E-state index in [1.807, 2.05) is 13.8 Å². The van der Waals surface area contributed by atoms with Crippen LogP contribution in [0.3, 0.4) is 0 Å². The van der Waals surface area contributed by atoms with Crippen LogP contribution in [-0.2, 0) is 16.7 Å². The monoisotopic (exact) mass is 430 g/mol. The number of nitrogens with zero attached hydrogens (tertiary/aromatic N) is 2. The van der Waals surface area contributed by atoms with Crippen LogP contribution in [0.15, 0.2) is 29.3 Å². The van der Waals surface area contributed by atoms with E-state index in [0.717, 1.165) is 61.6 Å². The fourth-order valence-electron chi connectivity index (χ4n) is 3.75. The summed E-state index contributed by atoms with van der Waals surface area (Å²) in [5.74, 6) is 1.75. The highest BCUT2D eigenvalue weighted by Crippen LogP contribution is 2.35. The van der Waals surface area contributed by atoms with Crippen LogP contribution >= 0.6 is 11.3 Å². The van der Waals surface area contributed by atoms with Gasteiger partial charge in [0.2, 0.25) is 0 Å². The van der Waals surface area contributed by atoms with Crippen LogP contribution in [0, 0.1) is 13.8 Å². The normalized spacial score (nSPS) is 16.3. The lowest BCUT2D eigenvalue weighted by Crippen LogP contribution is -2.48. The van der Waals surface area contributed by atoms with E-state index in [1.54, 1.807) is 11.3 Å². The zero-order valence-corrected chi connectivity index (χ0v) is 19.4. The largest absolute Gasteiger partial charge is 0.494 e. The number of aryl methyl sites for hydroxylation is 2. The Bertz CT molecular complexity index is 807. The van der Waals surface area contributed by atoms with E-state index in [9.17, 15) is 0 Å². The second-order valence-corrected chi connectivity index (χ2v) is 8.94. The van der Waals surface area contributed by atoms with E-state index in [0.29, 0.717) is 13.2 Å². The Hall–Kier alpha value is -2.12. The first-order valence-corrected chi connectivity index (χ1v) is 11.6. The zero-order valence-electron chi connectivity index (χ0n) is 18.6. The molecule has 1 fully saturated rings. The van der Waals surface area contributed by atoms with Gasteiger partial charge in [0.1, 0.15) is 10.8 Å². The van der Waals surface area contributed by atoms with Crippen LogP contribution in [0.5, 0.6) is 5.75 Å². The Morgan fingerprint density at radius 1 is 1.17 bits per heavy atom. The fourth-order valence-corrected chi connectivity index (χ4v) is 4.61. The molecule has 0 atom stereocenters. The summed E-state index contributed by atoms with van der Waals surface area (Å²) >= 11 is 1.72. The second-order valence-electron chi connectivity index (χ2n) is 7.65. The molecule has 2 heterocycles. The van der Waals surface area contributed by atoms with Gasteiger partial charge < -0.3 is 20.1 Å². The van der Waals surface area contributed by atoms with Gasteiger partial charge in [-0.1, -0.05) is 12.1 Å². The molecule has 0 saturated carbocycles. The van der Waals surface area contributed by atoms with Crippen LogP contribution in [-0.4, -0.2) is 43.9 Å². The summed E-state index contributed by atoms with van der Waals surface area (Å²) in [7, 11) is 0. The van der Waals surface area contributed by atoms with Crippen molar-refractivity contribution in [1.82, 2.24) is 15.6 Å². The molecule has 30 heavy (non-hydrogen) atoms. The number of hydrogen-bond acceptors (Lipinski definition) is 5. The third-order valence-electron chi connectivity index (χ3n) is 5.61. The number of ether oxygens (including phenoxy) is 2. The molecular formula is C23H34N4O2S. The molecule has 2 aromatic rings. The number of aliphatic imine (C=N–C) groups is 1. The van der Waals surface area contributed by atoms with Crippen molar-refractivity contribution in [2.45, 2.75) is 52.5 Å². The molecule has 0 aliphatic carbocycles. The number of guanidine groups is 1. The minimum absolute atomic E-state index is 0.0214. The first kappa shape index (κ1) is 22.6. The van der Waals surface area contributed by atoms with Gasteiger partial charge in [-0.3, -0.25) is 0 Å². The predicted molar refractivity (Wildman–Crippen MR) is 124 cm³/mol. The highest BCUT2D eigenvalue weighted by atomic mass is 32.1. The van der Waals surface area contributed by atoms with Crippen LogP contribution in [0.25, 0.3) is 0 Å². The van der Waals surface area contributed by atoms with Gasteiger partial charge in [-0.15, -0.1) is 11.3 Å². The van der Waals surface area contributed by atoms with Gasteiger partial charge in [0.25, 0.3) is 0 Å². The smallest absolute Gasteiger partial charge is 0.191 e. The number of nitrogens with one attached hydrogen (secondary N) is 2. The summed E-state index contributed by atoms with van der Waals surface area (Å²) in [6.45, 7) is 12.7. The molecule has 0 bridgehead atoms. The Morgan fingerprint density at radius 3 is 2.50 bits per heavy atom. The number of thiazole rings is 1. The highest BCUT2D eigenvalue weighted by Gasteiger charge is 2.34. The highest BCUT2D eigenvalue weighted by molar-refractivity contribution is 7.11. The van der Waals surface area contributed by atoms with Crippen LogP contribution in [0.1, 0.15) is 47.8 Å². The van der Waals surface area contributed by atoms with Crippen LogP contribution in [0.4, 0.5) is 0 Å². The molecule has 1 aromatic heterocycles. The van der Waals surface area contributed by atoms with Crippen LogP contribution in [0.2, 0.25) is 0 Å². The topological polar surface area (TPSA) is 67.8 Å². The average molecular weight is 431 g/mol. The van der Waals surface area contributed by atoms with Gasteiger partial charge in [0, 0.05) is 36.6 Å². The average Bonchev–Trinajstić information content (AvgIpc) is 3.09. The standard InChI is InChI=1S/C23H34N4O2S/c1-5-24-22(25-15-21-27-17(3)18(4)30-21)26-16-23(11-13-28-14-12-23)19-7-9-20(10-8-19)29-6-2/h7-10H,5-6,11-16H2,1-4H3,(H2,24,25,26). The first-order valence-electron chi connectivity index (χ1n) is 10.8. The Balaban J connectivity index is 1.73. The molecule has 164 valence electrons. The molecule has 0 spiro atoms. The maximum Gasteiger partial charge on any atom is 0.191 e. The van der Waals surface area contributed by atoms with Crippen molar-refractivity contribution in [1.29, 1.82) is 0 Å².